The molecule has 0 saturated heterocycles. The van der Waals surface area contributed by atoms with E-state index in [-0.39, 0.29) is 24.4 Å². The van der Waals surface area contributed by atoms with Gasteiger partial charge in [-0.25, -0.2) is 9.79 Å². The Morgan fingerprint density at radius 3 is 2.57 bits per heavy atom. The molecule has 1 atom stereocenters. The van der Waals surface area contributed by atoms with Gasteiger partial charge >= 0.3 is 6.03 Å². The Morgan fingerprint density at radius 2 is 1.91 bits per heavy atom. The molecule has 0 bridgehead atoms. The SMILES string of the molecule is CN1C(=O)C(C)(c2cccc(-c3cc(Cl)ccc3CNC(=O)Nc3ccc(C#N)cc3)c2)N=C1N. The van der Waals surface area contributed by atoms with E-state index in [9.17, 15) is 9.59 Å². The van der Waals surface area contributed by atoms with Crippen LogP contribution in [0.3, 0.4) is 0 Å². The van der Waals surface area contributed by atoms with Crippen LogP contribution in [0.1, 0.15) is 23.6 Å². The number of nitriles is 1. The summed E-state index contributed by atoms with van der Waals surface area (Å²) >= 11 is 6.30. The van der Waals surface area contributed by atoms with Gasteiger partial charge in [0.15, 0.2) is 11.5 Å². The molecular formula is C26H23ClN6O2. The summed E-state index contributed by atoms with van der Waals surface area (Å²) in [7, 11) is 1.60. The molecule has 176 valence electrons. The van der Waals surface area contributed by atoms with Crippen LogP contribution in [-0.4, -0.2) is 29.8 Å². The maximum atomic E-state index is 12.8. The van der Waals surface area contributed by atoms with Crippen molar-refractivity contribution in [1.29, 1.82) is 5.26 Å². The van der Waals surface area contributed by atoms with Gasteiger partial charge in [0.1, 0.15) is 0 Å². The molecule has 9 heteroatoms. The molecule has 0 fully saturated rings. The lowest BCUT2D eigenvalue weighted by Crippen LogP contribution is -2.38. The summed E-state index contributed by atoms with van der Waals surface area (Å²) in [5.41, 5.74) is 9.04. The zero-order valence-electron chi connectivity index (χ0n) is 19.2. The van der Waals surface area contributed by atoms with E-state index in [0.29, 0.717) is 21.8 Å². The molecule has 0 spiro atoms. The number of carbonyl (C=O) groups is 2. The second-order valence-corrected chi connectivity index (χ2v) is 8.72. The first-order valence-electron chi connectivity index (χ1n) is 10.8. The third kappa shape index (κ3) is 4.81. The second-order valence-electron chi connectivity index (χ2n) is 8.29. The number of urea groups is 1. The number of anilines is 1. The standard InChI is InChI=1S/C26H23ClN6O2/c1-26(23(34)33(2)24(29)32-26)19-5-3-4-17(12-19)22-13-20(27)9-8-18(22)15-30-25(35)31-21-10-6-16(14-28)7-11-21/h3-13H,15H2,1-2H3,(H2,29,32)(H2,30,31,35). The van der Waals surface area contributed by atoms with Crippen LogP contribution in [0.5, 0.6) is 0 Å². The highest BCUT2D eigenvalue weighted by Gasteiger charge is 2.43. The molecule has 3 amide bonds. The van der Waals surface area contributed by atoms with Gasteiger partial charge in [-0.15, -0.1) is 0 Å². The van der Waals surface area contributed by atoms with E-state index in [1.54, 1.807) is 44.3 Å². The van der Waals surface area contributed by atoms with Crippen molar-refractivity contribution in [2.45, 2.75) is 19.0 Å². The maximum absolute atomic E-state index is 12.8. The third-order valence-corrected chi connectivity index (χ3v) is 6.16. The van der Waals surface area contributed by atoms with Gasteiger partial charge in [0.2, 0.25) is 0 Å². The Bertz CT molecular complexity index is 1380. The number of carbonyl (C=O) groups excluding carboxylic acids is 2. The highest BCUT2D eigenvalue weighted by atomic mass is 35.5. The Morgan fingerprint density at radius 1 is 1.17 bits per heavy atom. The molecule has 4 N–H and O–H groups in total. The summed E-state index contributed by atoms with van der Waals surface area (Å²) in [5, 5.41) is 15.0. The summed E-state index contributed by atoms with van der Waals surface area (Å²) in [6.45, 7) is 1.97. The summed E-state index contributed by atoms with van der Waals surface area (Å²) in [4.78, 5) is 31.0. The molecular weight excluding hydrogens is 464 g/mol. The van der Waals surface area contributed by atoms with Crippen molar-refractivity contribution >= 4 is 35.2 Å². The van der Waals surface area contributed by atoms with Crippen LogP contribution in [0.25, 0.3) is 11.1 Å². The van der Waals surface area contributed by atoms with E-state index in [1.807, 2.05) is 42.5 Å². The summed E-state index contributed by atoms with van der Waals surface area (Å²) < 4.78 is 0. The molecule has 1 aliphatic rings. The minimum absolute atomic E-state index is 0.170. The van der Waals surface area contributed by atoms with Gasteiger partial charge in [-0.1, -0.05) is 35.9 Å². The molecule has 1 unspecified atom stereocenters. The van der Waals surface area contributed by atoms with Gasteiger partial charge in [0.05, 0.1) is 11.6 Å². The Hall–Kier alpha value is -4.35. The molecule has 1 aliphatic heterocycles. The van der Waals surface area contributed by atoms with Crippen molar-refractivity contribution < 1.29 is 9.59 Å². The highest BCUT2D eigenvalue weighted by molar-refractivity contribution is 6.30. The maximum Gasteiger partial charge on any atom is 0.319 e. The summed E-state index contributed by atoms with van der Waals surface area (Å²) in [6, 6.07) is 21.1. The fourth-order valence-electron chi connectivity index (χ4n) is 3.91. The van der Waals surface area contributed by atoms with E-state index in [0.717, 1.165) is 16.7 Å². The van der Waals surface area contributed by atoms with Crippen molar-refractivity contribution in [2.75, 3.05) is 12.4 Å². The van der Waals surface area contributed by atoms with Crippen molar-refractivity contribution in [2.24, 2.45) is 10.7 Å². The number of likely N-dealkylation sites (N-methyl/N-ethyl adjacent to an activating group) is 1. The van der Waals surface area contributed by atoms with E-state index in [1.165, 1.54) is 4.90 Å². The van der Waals surface area contributed by atoms with E-state index in [4.69, 9.17) is 22.6 Å². The van der Waals surface area contributed by atoms with Crippen LogP contribution in [0.15, 0.2) is 71.7 Å². The van der Waals surface area contributed by atoms with Gasteiger partial charge in [-0.05, 0) is 71.6 Å². The monoisotopic (exact) mass is 486 g/mol. The van der Waals surface area contributed by atoms with Crippen molar-refractivity contribution in [3.8, 4) is 17.2 Å². The number of nitrogens with one attached hydrogen (secondary N) is 2. The highest BCUT2D eigenvalue weighted by Crippen LogP contribution is 2.35. The normalized spacial score (nSPS) is 17.0. The number of nitrogens with zero attached hydrogens (tertiary/aromatic N) is 3. The van der Waals surface area contributed by atoms with Crippen LogP contribution >= 0.6 is 11.6 Å². The first-order valence-corrected chi connectivity index (χ1v) is 11.2. The second kappa shape index (κ2) is 9.49. The van der Waals surface area contributed by atoms with Gasteiger partial charge in [0.25, 0.3) is 5.91 Å². The Kier molecular flexibility index (Phi) is 6.45. The molecule has 0 aromatic heterocycles. The number of rotatable bonds is 5. The number of benzene rings is 3. The van der Waals surface area contributed by atoms with Crippen molar-refractivity contribution in [1.82, 2.24) is 10.2 Å². The molecule has 0 radical (unpaired) electrons. The molecule has 1 heterocycles. The lowest BCUT2D eigenvalue weighted by atomic mass is 9.89. The molecule has 4 rings (SSSR count). The molecule has 35 heavy (non-hydrogen) atoms. The quantitative estimate of drug-likeness (QED) is 0.499. The lowest BCUT2D eigenvalue weighted by molar-refractivity contribution is -0.130. The summed E-state index contributed by atoms with van der Waals surface area (Å²) in [6.07, 6.45) is 0. The zero-order chi connectivity index (χ0) is 25.2. The summed E-state index contributed by atoms with van der Waals surface area (Å²) in [5.74, 6) is -0.0385. The van der Waals surface area contributed by atoms with Crippen LogP contribution < -0.4 is 16.4 Å². The fraction of sp³-hybridized carbons (Fsp3) is 0.154. The first kappa shape index (κ1) is 23.8. The van der Waals surface area contributed by atoms with E-state index < -0.39 is 5.54 Å². The molecule has 0 aliphatic carbocycles. The molecule has 3 aromatic rings. The average Bonchev–Trinajstić information content (AvgIpc) is 3.07. The number of amides is 3. The fourth-order valence-corrected chi connectivity index (χ4v) is 4.08. The predicted octanol–water partition coefficient (Wildman–Crippen LogP) is 4.20. The van der Waals surface area contributed by atoms with E-state index in [2.05, 4.69) is 15.6 Å². The van der Waals surface area contributed by atoms with Gasteiger partial charge in [-0.3, -0.25) is 9.69 Å². The smallest absolute Gasteiger partial charge is 0.319 e. The Balaban J connectivity index is 1.56. The van der Waals surface area contributed by atoms with Crippen LogP contribution in [0.2, 0.25) is 5.02 Å². The van der Waals surface area contributed by atoms with Crippen LogP contribution in [-0.2, 0) is 16.9 Å². The zero-order valence-corrected chi connectivity index (χ0v) is 19.9. The molecule has 3 aromatic carbocycles. The Labute approximate surface area is 208 Å². The lowest BCUT2D eigenvalue weighted by Gasteiger charge is -2.21. The van der Waals surface area contributed by atoms with Crippen LogP contribution in [0.4, 0.5) is 10.5 Å². The number of hydrogen-bond donors (Lipinski definition) is 3. The minimum atomic E-state index is -1.12. The largest absolute Gasteiger partial charge is 0.369 e. The topological polar surface area (TPSA) is 124 Å². The number of aliphatic imine (C=N–C) groups is 1. The average molecular weight is 487 g/mol. The number of guanidine groups is 1. The van der Waals surface area contributed by atoms with Gasteiger partial charge in [-0.2, -0.15) is 5.26 Å². The predicted molar refractivity (Wildman–Crippen MR) is 136 cm³/mol. The minimum Gasteiger partial charge on any atom is -0.369 e. The third-order valence-electron chi connectivity index (χ3n) is 5.92. The molecule has 8 nitrogen and oxygen atoms in total. The number of halogens is 1. The van der Waals surface area contributed by atoms with Crippen molar-refractivity contribution in [3.05, 3.63) is 88.4 Å². The number of nitrogens with two attached hydrogens (primary N) is 1. The number of hydrogen-bond acceptors (Lipinski definition) is 5. The van der Waals surface area contributed by atoms with Crippen molar-refractivity contribution in [3.63, 3.8) is 0 Å². The van der Waals surface area contributed by atoms with Gasteiger partial charge < -0.3 is 16.4 Å². The molecule has 0 saturated carbocycles. The van der Waals surface area contributed by atoms with Gasteiger partial charge in [0, 0.05) is 24.3 Å². The van der Waals surface area contributed by atoms with Crippen LogP contribution in [0, 0.1) is 11.3 Å². The van der Waals surface area contributed by atoms with E-state index >= 15 is 0 Å². The first-order chi connectivity index (χ1) is 16.7.